The molecule has 0 heterocycles. The van der Waals surface area contributed by atoms with Gasteiger partial charge in [-0.2, -0.15) is 0 Å². The van der Waals surface area contributed by atoms with Gasteiger partial charge in [-0.25, -0.2) is 0 Å². The van der Waals surface area contributed by atoms with Crippen molar-refractivity contribution in [3.05, 3.63) is 23.9 Å². The SMILES string of the molecule is C=C(C=C(C)C)NC(C)(C)C. The van der Waals surface area contributed by atoms with Crippen LogP contribution in [0.25, 0.3) is 0 Å². The quantitative estimate of drug-likeness (QED) is 0.601. The van der Waals surface area contributed by atoms with E-state index in [0.717, 1.165) is 5.70 Å². The van der Waals surface area contributed by atoms with Gasteiger partial charge < -0.3 is 5.32 Å². The van der Waals surface area contributed by atoms with Crippen molar-refractivity contribution in [2.45, 2.75) is 40.2 Å². The van der Waals surface area contributed by atoms with E-state index in [0.29, 0.717) is 0 Å². The van der Waals surface area contributed by atoms with Gasteiger partial charge in [0.05, 0.1) is 0 Å². The van der Waals surface area contributed by atoms with E-state index in [1.165, 1.54) is 5.57 Å². The maximum absolute atomic E-state index is 3.89. The molecule has 1 N–H and O–H groups in total. The zero-order valence-electron chi connectivity index (χ0n) is 8.28. The van der Waals surface area contributed by atoms with Crippen molar-refractivity contribution >= 4 is 0 Å². The summed E-state index contributed by atoms with van der Waals surface area (Å²) in [6, 6.07) is 0. The van der Waals surface area contributed by atoms with Gasteiger partial charge in [-0.15, -0.1) is 0 Å². The predicted molar refractivity (Wildman–Crippen MR) is 51.5 cm³/mol. The first-order chi connectivity index (χ1) is 4.81. The molecule has 11 heavy (non-hydrogen) atoms. The number of allylic oxidation sites excluding steroid dienone is 2. The average molecular weight is 153 g/mol. The second-order valence-electron chi connectivity index (χ2n) is 4.12. The highest BCUT2D eigenvalue weighted by molar-refractivity contribution is 5.17. The molecule has 0 atom stereocenters. The molecule has 0 aromatic rings. The van der Waals surface area contributed by atoms with Crippen molar-refractivity contribution in [1.82, 2.24) is 5.32 Å². The minimum atomic E-state index is 0.114. The summed E-state index contributed by atoms with van der Waals surface area (Å²) in [5.74, 6) is 0. The summed E-state index contributed by atoms with van der Waals surface area (Å²) in [6.07, 6.45) is 2.05. The molecule has 0 fully saturated rings. The highest BCUT2D eigenvalue weighted by Gasteiger charge is 2.07. The molecule has 1 heteroatoms. The third-order valence-electron chi connectivity index (χ3n) is 0.998. The molecule has 64 valence electrons. The fourth-order valence-corrected chi connectivity index (χ4v) is 0.866. The Morgan fingerprint density at radius 3 is 2.00 bits per heavy atom. The second kappa shape index (κ2) is 3.61. The molecule has 0 saturated heterocycles. The van der Waals surface area contributed by atoms with Crippen molar-refractivity contribution < 1.29 is 0 Å². The molecule has 0 aromatic carbocycles. The van der Waals surface area contributed by atoms with Gasteiger partial charge in [0.15, 0.2) is 0 Å². The maximum Gasteiger partial charge on any atom is 0.0289 e. The van der Waals surface area contributed by atoms with Crippen LogP contribution >= 0.6 is 0 Å². The summed E-state index contributed by atoms with van der Waals surface area (Å²) < 4.78 is 0. The molecule has 0 aliphatic heterocycles. The third-order valence-corrected chi connectivity index (χ3v) is 0.998. The first-order valence-corrected chi connectivity index (χ1v) is 3.93. The van der Waals surface area contributed by atoms with E-state index in [-0.39, 0.29) is 5.54 Å². The Hall–Kier alpha value is -0.720. The number of rotatable bonds is 2. The van der Waals surface area contributed by atoms with E-state index in [1.54, 1.807) is 0 Å². The standard InChI is InChI=1S/C10H19N/c1-8(2)7-9(3)11-10(4,5)6/h7,11H,3H2,1-2,4-6H3. The Bertz CT molecular complexity index is 166. The first-order valence-electron chi connectivity index (χ1n) is 3.93. The zero-order valence-corrected chi connectivity index (χ0v) is 8.28. The Kier molecular flexibility index (Phi) is 3.37. The lowest BCUT2D eigenvalue weighted by molar-refractivity contribution is 0.480. The lowest BCUT2D eigenvalue weighted by atomic mass is 10.1. The molecule has 0 saturated carbocycles. The van der Waals surface area contributed by atoms with Crippen LogP contribution in [0.15, 0.2) is 23.9 Å². The Morgan fingerprint density at radius 2 is 1.73 bits per heavy atom. The minimum absolute atomic E-state index is 0.114. The van der Waals surface area contributed by atoms with Gasteiger partial charge >= 0.3 is 0 Å². The molecule has 0 rings (SSSR count). The smallest absolute Gasteiger partial charge is 0.0289 e. The van der Waals surface area contributed by atoms with Crippen molar-refractivity contribution in [3.8, 4) is 0 Å². The topological polar surface area (TPSA) is 12.0 Å². The summed E-state index contributed by atoms with van der Waals surface area (Å²) >= 11 is 0. The highest BCUT2D eigenvalue weighted by atomic mass is 14.9. The molecular formula is C10H19N. The van der Waals surface area contributed by atoms with Crippen molar-refractivity contribution in [2.75, 3.05) is 0 Å². The van der Waals surface area contributed by atoms with Gasteiger partial charge in [0.2, 0.25) is 0 Å². The predicted octanol–water partition coefficient (Wildman–Crippen LogP) is 2.85. The van der Waals surface area contributed by atoms with Crippen LogP contribution in [-0.4, -0.2) is 5.54 Å². The van der Waals surface area contributed by atoms with Crippen molar-refractivity contribution in [1.29, 1.82) is 0 Å². The van der Waals surface area contributed by atoms with Gasteiger partial charge in [-0.1, -0.05) is 12.2 Å². The summed E-state index contributed by atoms with van der Waals surface area (Å²) in [7, 11) is 0. The summed E-state index contributed by atoms with van der Waals surface area (Å²) in [6.45, 7) is 14.4. The number of nitrogens with one attached hydrogen (secondary N) is 1. The molecule has 0 spiro atoms. The van der Waals surface area contributed by atoms with Gasteiger partial charge in [-0.05, 0) is 40.7 Å². The molecule has 0 aliphatic rings. The summed E-state index contributed by atoms with van der Waals surface area (Å²) in [4.78, 5) is 0. The summed E-state index contributed by atoms with van der Waals surface area (Å²) in [5.41, 5.74) is 2.37. The van der Waals surface area contributed by atoms with Crippen molar-refractivity contribution in [3.63, 3.8) is 0 Å². The van der Waals surface area contributed by atoms with Crippen LogP contribution in [0.3, 0.4) is 0 Å². The van der Waals surface area contributed by atoms with E-state index < -0.39 is 0 Å². The lowest BCUT2D eigenvalue weighted by Gasteiger charge is -2.22. The Balaban J connectivity index is 4.00. The van der Waals surface area contributed by atoms with Crippen LogP contribution in [0.4, 0.5) is 0 Å². The van der Waals surface area contributed by atoms with E-state index in [2.05, 4.69) is 46.5 Å². The largest absolute Gasteiger partial charge is 0.381 e. The molecular weight excluding hydrogens is 134 g/mol. The summed E-state index contributed by atoms with van der Waals surface area (Å²) in [5, 5.41) is 3.28. The van der Waals surface area contributed by atoms with E-state index in [4.69, 9.17) is 0 Å². The number of hydrogen-bond acceptors (Lipinski definition) is 1. The minimum Gasteiger partial charge on any atom is -0.381 e. The van der Waals surface area contributed by atoms with Gasteiger partial charge in [0, 0.05) is 11.2 Å². The molecule has 0 aromatic heterocycles. The fourth-order valence-electron chi connectivity index (χ4n) is 0.866. The Morgan fingerprint density at radius 1 is 1.27 bits per heavy atom. The highest BCUT2D eigenvalue weighted by Crippen LogP contribution is 2.04. The van der Waals surface area contributed by atoms with Crippen LogP contribution in [-0.2, 0) is 0 Å². The zero-order chi connectivity index (χ0) is 9.07. The van der Waals surface area contributed by atoms with E-state index in [9.17, 15) is 0 Å². The van der Waals surface area contributed by atoms with Crippen LogP contribution in [0.5, 0.6) is 0 Å². The van der Waals surface area contributed by atoms with Gasteiger partial charge in [0.1, 0.15) is 0 Å². The Labute approximate surface area is 70.2 Å². The van der Waals surface area contributed by atoms with E-state index >= 15 is 0 Å². The second-order valence-corrected chi connectivity index (χ2v) is 4.12. The van der Waals surface area contributed by atoms with Gasteiger partial charge in [0.25, 0.3) is 0 Å². The molecule has 0 aliphatic carbocycles. The molecule has 0 radical (unpaired) electrons. The normalized spacial score (nSPS) is 10.6. The average Bonchev–Trinajstić information content (AvgIpc) is 1.53. The van der Waals surface area contributed by atoms with Crippen LogP contribution in [0.1, 0.15) is 34.6 Å². The fraction of sp³-hybridized carbons (Fsp3) is 0.600. The van der Waals surface area contributed by atoms with Crippen LogP contribution in [0.2, 0.25) is 0 Å². The number of hydrogen-bond donors (Lipinski definition) is 1. The molecule has 0 bridgehead atoms. The van der Waals surface area contributed by atoms with Gasteiger partial charge in [-0.3, -0.25) is 0 Å². The lowest BCUT2D eigenvalue weighted by Crippen LogP contribution is -2.34. The molecule has 0 amide bonds. The third kappa shape index (κ3) is 7.17. The molecule has 0 unspecified atom stereocenters. The maximum atomic E-state index is 3.89. The monoisotopic (exact) mass is 153 g/mol. The van der Waals surface area contributed by atoms with E-state index in [1.807, 2.05) is 6.08 Å². The van der Waals surface area contributed by atoms with Crippen LogP contribution < -0.4 is 5.32 Å². The van der Waals surface area contributed by atoms with Crippen molar-refractivity contribution in [2.24, 2.45) is 0 Å². The first kappa shape index (κ1) is 10.3. The van der Waals surface area contributed by atoms with Crippen LogP contribution in [0, 0.1) is 0 Å². The molecule has 1 nitrogen and oxygen atoms in total.